The lowest BCUT2D eigenvalue weighted by atomic mass is 10.2. The first-order chi connectivity index (χ1) is 6.19. The molecule has 1 aromatic rings. The van der Waals surface area contributed by atoms with Gasteiger partial charge in [-0.05, 0) is 31.8 Å². The molecule has 0 aromatic carbocycles. The quantitative estimate of drug-likeness (QED) is 0.806. The second kappa shape index (κ2) is 4.24. The van der Waals surface area contributed by atoms with E-state index < -0.39 is 0 Å². The van der Waals surface area contributed by atoms with E-state index in [1.807, 2.05) is 6.92 Å². The number of hydrogen-bond acceptors (Lipinski definition) is 4. The standard InChI is InChI=1S/C9H13N3S/c1-4-6(2)11-9-8(5-10)7(3)12-13-9/h6,11H,4H2,1-3H3. The Kier molecular flexibility index (Phi) is 3.26. The molecule has 0 fully saturated rings. The fourth-order valence-electron chi connectivity index (χ4n) is 0.926. The van der Waals surface area contributed by atoms with E-state index in [0.717, 1.165) is 17.1 Å². The summed E-state index contributed by atoms with van der Waals surface area (Å²) >= 11 is 1.36. The summed E-state index contributed by atoms with van der Waals surface area (Å²) in [5, 5.41) is 13.0. The molecule has 1 N–H and O–H groups in total. The summed E-state index contributed by atoms with van der Waals surface area (Å²) in [7, 11) is 0. The molecule has 0 spiro atoms. The number of hydrogen-bond donors (Lipinski definition) is 1. The lowest BCUT2D eigenvalue weighted by Crippen LogP contribution is -2.12. The average Bonchev–Trinajstić information content (AvgIpc) is 2.46. The fraction of sp³-hybridized carbons (Fsp3) is 0.556. The van der Waals surface area contributed by atoms with Crippen LogP contribution in [0.4, 0.5) is 5.00 Å². The van der Waals surface area contributed by atoms with Gasteiger partial charge in [-0.2, -0.15) is 9.64 Å². The molecule has 0 aliphatic heterocycles. The highest BCUT2D eigenvalue weighted by Gasteiger charge is 2.10. The lowest BCUT2D eigenvalue weighted by Gasteiger charge is -2.10. The predicted molar refractivity (Wildman–Crippen MR) is 54.9 cm³/mol. The third-order valence-electron chi connectivity index (χ3n) is 1.96. The molecule has 1 unspecified atom stereocenters. The van der Waals surface area contributed by atoms with Crippen molar-refractivity contribution < 1.29 is 0 Å². The van der Waals surface area contributed by atoms with E-state index in [9.17, 15) is 0 Å². The van der Waals surface area contributed by atoms with Crippen molar-refractivity contribution >= 4 is 16.5 Å². The Labute approximate surface area is 82.6 Å². The molecule has 3 nitrogen and oxygen atoms in total. The normalized spacial score (nSPS) is 12.2. The predicted octanol–water partition coefficient (Wildman–Crippen LogP) is 2.53. The van der Waals surface area contributed by atoms with Gasteiger partial charge in [-0.15, -0.1) is 0 Å². The van der Waals surface area contributed by atoms with Gasteiger partial charge < -0.3 is 5.32 Å². The summed E-state index contributed by atoms with van der Waals surface area (Å²) in [6, 6.07) is 2.55. The average molecular weight is 195 g/mol. The van der Waals surface area contributed by atoms with Crippen molar-refractivity contribution in [3.63, 3.8) is 0 Å². The number of nitrogens with one attached hydrogen (secondary N) is 1. The summed E-state index contributed by atoms with van der Waals surface area (Å²) in [5.74, 6) is 0. The first-order valence-corrected chi connectivity index (χ1v) is 5.09. The zero-order chi connectivity index (χ0) is 9.84. The second-order valence-electron chi connectivity index (χ2n) is 3.04. The number of nitriles is 1. The zero-order valence-electron chi connectivity index (χ0n) is 8.09. The van der Waals surface area contributed by atoms with Gasteiger partial charge in [0.15, 0.2) is 0 Å². The molecule has 4 heteroatoms. The Hall–Kier alpha value is -1.08. The molecule has 0 aliphatic rings. The maximum absolute atomic E-state index is 8.85. The van der Waals surface area contributed by atoms with E-state index in [0.29, 0.717) is 11.6 Å². The highest BCUT2D eigenvalue weighted by atomic mass is 32.1. The summed E-state index contributed by atoms with van der Waals surface area (Å²) in [6.45, 7) is 6.06. The van der Waals surface area contributed by atoms with Crippen molar-refractivity contribution in [2.75, 3.05) is 5.32 Å². The van der Waals surface area contributed by atoms with Crippen molar-refractivity contribution in [3.8, 4) is 6.07 Å². The molecule has 0 saturated carbocycles. The van der Waals surface area contributed by atoms with Gasteiger partial charge >= 0.3 is 0 Å². The van der Waals surface area contributed by atoms with Crippen LogP contribution in [-0.4, -0.2) is 10.4 Å². The van der Waals surface area contributed by atoms with Crippen LogP contribution < -0.4 is 5.32 Å². The molecule has 1 rings (SSSR count). The summed E-state index contributed by atoms with van der Waals surface area (Å²) < 4.78 is 4.13. The van der Waals surface area contributed by atoms with E-state index in [4.69, 9.17) is 5.26 Å². The molecule has 0 bridgehead atoms. The van der Waals surface area contributed by atoms with Crippen LogP contribution in [0.2, 0.25) is 0 Å². The number of rotatable bonds is 3. The van der Waals surface area contributed by atoms with Gasteiger partial charge in [0, 0.05) is 6.04 Å². The minimum atomic E-state index is 0.395. The molecular weight excluding hydrogens is 182 g/mol. The summed E-state index contributed by atoms with van der Waals surface area (Å²) in [5.41, 5.74) is 1.50. The molecule has 1 atom stereocenters. The second-order valence-corrected chi connectivity index (χ2v) is 3.81. The van der Waals surface area contributed by atoms with Crippen molar-refractivity contribution in [1.82, 2.24) is 4.37 Å². The molecule has 0 radical (unpaired) electrons. The molecule has 70 valence electrons. The smallest absolute Gasteiger partial charge is 0.127 e. The van der Waals surface area contributed by atoms with Gasteiger partial charge in [-0.1, -0.05) is 6.92 Å². The SMILES string of the molecule is CCC(C)Nc1snc(C)c1C#N. The lowest BCUT2D eigenvalue weighted by molar-refractivity contribution is 0.766. The number of aromatic nitrogens is 1. The number of anilines is 1. The monoisotopic (exact) mass is 195 g/mol. The third-order valence-corrected chi connectivity index (χ3v) is 2.83. The van der Waals surface area contributed by atoms with Crippen molar-refractivity contribution in [2.24, 2.45) is 0 Å². The Morgan fingerprint density at radius 1 is 1.69 bits per heavy atom. The molecule has 0 saturated heterocycles. The van der Waals surface area contributed by atoms with Crippen molar-refractivity contribution in [1.29, 1.82) is 5.26 Å². The van der Waals surface area contributed by atoms with E-state index in [1.54, 1.807) is 0 Å². The summed E-state index contributed by atoms with van der Waals surface area (Å²) in [6.07, 6.45) is 1.04. The van der Waals surface area contributed by atoms with Gasteiger partial charge in [-0.3, -0.25) is 0 Å². The maximum atomic E-state index is 8.85. The van der Waals surface area contributed by atoms with Crippen LogP contribution in [0.5, 0.6) is 0 Å². The Bertz CT molecular complexity index is 324. The van der Waals surface area contributed by atoms with Gasteiger partial charge in [0.05, 0.1) is 5.69 Å². The number of nitrogens with zero attached hydrogens (tertiary/aromatic N) is 2. The van der Waals surface area contributed by atoms with Crippen LogP contribution in [0.1, 0.15) is 31.5 Å². The topological polar surface area (TPSA) is 48.7 Å². The minimum Gasteiger partial charge on any atom is -0.372 e. The number of aryl methyl sites for hydroxylation is 1. The molecule has 0 aliphatic carbocycles. The van der Waals surface area contributed by atoms with E-state index >= 15 is 0 Å². The van der Waals surface area contributed by atoms with Crippen LogP contribution in [0, 0.1) is 18.3 Å². The third kappa shape index (κ3) is 2.19. The van der Waals surface area contributed by atoms with Crippen LogP contribution in [-0.2, 0) is 0 Å². The van der Waals surface area contributed by atoms with Gasteiger partial charge in [-0.25, -0.2) is 0 Å². The Morgan fingerprint density at radius 2 is 2.38 bits per heavy atom. The largest absolute Gasteiger partial charge is 0.372 e. The van der Waals surface area contributed by atoms with Crippen LogP contribution in [0.3, 0.4) is 0 Å². The highest BCUT2D eigenvalue weighted by molar-refractivity contribution is 7.10. The van der Waals surface area contributed by atoms with Crippen LogP contribution in [0.15, 0.2) is 0 Å². The fourth-order valence-corrected chi connectivity index (χ4v) is 1.78. The van der Waals surface area contributed by atoms with E-state index in [2.05, 4.69) is 29.6 Å². The van der Waals surface area contributed by atoms with E-state index in [1.165, 1.54) is 11.5 Å². The zero-order valence-corrected chi connectivity index (χ0v) is 8.90. The van der Waals surface area contributed by atoms with Gasteiger partial charge in [0.1, 0.15) is 16.6 Å². The molecular formula is C9H13N3S. The Morgan fingerprint density at radius 3 is 2.92 bits per heavy atom. The molecule has 0 amide bonds. The van der Waals surface area contributed by atoms with Gasteiger partial charge in [0.25, 0.3) is 0 Å². The minimum absolute atomic E-state index is 0.395. The molecule has 13 heavy (non-hydrogen) atoms. The first-order valence-electron chi connectivity index (χ1n) is 4.32. The molecule has 1 aromatic heterocycles. The summed E-state index contributed by atoms with van der Waals surface area (Å²) in [4.78, 5) is 0. The van der Waals surface area contributed by atoms with E-state index in [-0.39, 0.29) is 0 Å². The maximum Gasteiger partial charge on any atom is 0.127 e. The van der Waals surface area contributed by atoms with Crippen molar-refractivity contribution in [3.05, 3.63) is 11.3 Å². The van der Waals surface area contributed by atoms with Crippen LogP contribution >= 0.6 is 11.5 Å². The van der Waals surface area contributed by atoms with Gasteiger partial charge in [0.2, 0.25) is 0 Å². The van der Waals surface area contributed by atoms with Crippen LogP contribution in [0.25, 0.3) is 0 Å². The Balaban J connectivity index is 2.84. The first kappa shape index (κ1) is 10.0. The van der Waals surface area contributed by atoms with Crippen molar-refractivity contribution in [2.45, 2.75) is 33.2 Å². The highest BCUT2D eigenvalue weighted by Crippen LogP contribution is 2.24. The molecule has 1 heterocycles.